The zero-order valence-electron chi connectivity index (χ0n) is 27.9. The van der Waals surface area contributed by atoms with Crippen LogP contribution < -0.4 is 0 Å². The van der Waals surface area contributed by atoms with Gasteiger partial charge >= 0.3 is 0 Å². The lowest BCUT2D eigenvalue weighted by atomic mass is 10.0. The summed E-state index contributed by atoms with van der Waals surface area (Å²) >= 11 is 3.22. The van der Waals surface area contributed by atoms with Gasteiger partial charge in [-0.3, -0.25) is 15.0 Å². The standard InChI is InChI=1S/C20H13N3S.C19H16N2S.C2H6/c1-14-23-16(13-24-14)9-7-15-8-10-20(22-12-15)17-4-2-6-19-18(17)5-3-11-21-19;1-13-4-5-14(2)18(10-13)19-9-7-16(11-20-19)6-8-17-12-22-15(3)21-17;1-2/h2-6,8,10-13H,1H3;4-5,7,9-12H,1-3H3;1-2H3. The van der Waals surface area contributed by atoms with Crippen molar-refractivity contribution < 1.29 is 0 Å². The Kier molecular flexibility index (Phi) is 11.6. The molecule has 5 aromatic heterocycles. The zero-order chi connectivity index (χ0) is 33.9. The van der Waals surface area contributed by atoms with Gasteiger partial charge in [-0.25, -0.2) is 9.97 Å². The van der Waals surface area contributed by atoms with Gasteiger partial charge in [0.15, 0.2) is 0 Å². The average Bonchev–Trinajstić information content (AvgIpc) is 3.75. The van der Waals surface area contributed by atoms with Gasteiger partial charge in [0.25, 0.3) is 0 Å². The second-order valence-electron chi connectivity index (χ2n) is 10.6. The molecular weight excluding hydrogens is 627 g/mol. The van der Waals surface area contributed by atoms with Crippen LogP contribution in [-0.4, -0.2) is 24.9 Å². The number of pyridine rings is 3. The Hall–Kier alpha value is -5.47. The molecule has 0 saturated heterocycles. The first-order chi connectivity index (χ1) is 23.4. The smallest absolute Gasteiger partial charge is 0.124 e. The fourth-order valence-electron chi connectivity index (χ4n) is 4.71. The normalized spacial score (nSPS) is 9.96. The van der Waals surface area contributed by atoms with Gasteiger partial charge in [-0.2, -0.15) is 0 Å². The van der Waals surface area contributed by atoms with Crippen molar-refractivity contribution in [2.24, 2.45) is 0 Å². The number of hydrogen-bond acceptors (Lipinski definition) is 7. The van der Waals surface area contributed by atoms with E-state index in [9.17, 15) is 0 Å². The molecule has 0 spiro atoms. The van der Waals surface area contributed by atoms with E-state index in [2.05, 4.69) is 92.8 Å². The first-order valence-electron chi connectivity index (χ1n) is 15.6. The highest BCUT2D eigenvalue weighted by Gasteiger charge is 2.06. The van der Waals surface area contributed by atoms with Crippen molar-refractivity contribution in [2.75, 3.05) is 0 Å². The molecule has 0 saturated carbocycles. The van der Waals surface area contributed by atoms with Gasteiger partial charge in [0.05, 0.1) is 26.9 Å². The molecule has 236 valence electrons. The molecule has 0 fully saturated rings. The van der Waals surface area contributed by atoms with Crippen LogP contribution in [0.25, 0.3) is 33.4 Å². The molecule has 0 N–H and O–H groups in total. The Balaban J connectivity index is 0.000000179. The Morgan fingerprint density at radius 1 is 0.562 bits per heavy atom. The molecule has 0 aliphatic carbocycles. The third-order valence-electron chi connectivity index (χ3n) is 7.03. The molecule has 0 amide bonds. The van der Waals surface area contributed by atoms with E-state index in [1.165, 1.54) is 16.7 Å². The topological polar surface area (TPSA) is 64.5 Å². The second-order valence-corrected chi connectivity index (χ2v) is 12.7. The summed E-state index contributed by atoms with van der Waals surface area (Å²) in [6.07, 6.45) is 5.43. The summed E-state index contributed by atoms with van der Waals surface area (Å²) in [7, 11) is 0. The van der Waals surface area contributed by atoms with Crippen LogP contribution in [0.2, 0.25) is 0 Å². The lowest BCUT2D eigenvalue weighted by Gasteiger charge is -2.06. The van der Waals surface area contributed by atoms with E-state index < -0.39 is 0 Å². The molecule has 0 bridgehead atoms. The first kappa shape index (κ1) is 33.9. The highest BCUT2D eigenvalue weighted by Crippen LogP contribution is 2.26. The summed E-state index contributed by atoms with van der Waals surface area (Å²) in [6.45, 7) is 12.2. The van der Waals surface area contributed by atoms with E-state index in [1.54, 1.807) is 35.1 Å². The number of nitrogens with zero attached hydrogens (tertiary/aromatic N) is 5. The maximum absolute atomic E-state index is 4.57. The predicted octanol–water partition coefficient (Wildman–Crippen LogP) is 10.0. The monoisotopic (exact) mass is 661 g/mol. The minimum absolute atomic E-state index is 0.807. The molecule has 0 unspecified atom stereocenters. The maximum Gasteiger partial charge on any atom is 0.124 e. The van der Waals surface area contributed by atoms with Crippen molar-refractivity contribution >= 4 is 33.6 Å². The van der Waals surface area contributed by atoms with Gasteiger partial charge in [0.2, 0.25) is 0 Å². The molecule has 0 aliphatic heterocycles. The summed E-state index contributed by atoms with van der Waals surface area (Å²) in [4.78, 5) is 22.2. The van der Waals surface area contributed by atoms with Crippen molar-refractivity contribution in [3.8, 4) is 46.2 Å². The molecule has 0 atom stereocenters. The Bertz CT molecular complexity index is 2250. The summed E-state index contributed by atoms with van der Waals surface area (Å²) in [5.41, 5.74) is 11.0. The van der Waals surface area contributed by atoms with Gasteiger partial charge in [0, 0.05) is 57.0 Å². The van der Waals surface area contributed by atoms with Gasteiger partial charge < -0.3 is 0 Å². The number of benzene rings is 2. The molecule has 0 aliphatic rings. The second kappa shape index (κ2) is 16.4. The number of rotatable bonds is 2. The number of hydrogen-bond donors (Lipinski definition) is 0. The lowest BCUT2D eigenvalue weighted by Crippen LogP contribution is -1.89. The van der Waals surface area contributed by atoms with Gasteiger partial charge in [0.1, 0.15) is 11.4 Å². The minimum Gasteiger partial charge on any atom is -0.256 e. The zero-order valence-corrected chi connectivity index (χ0v) is 29.5. The van der Waals surface area contributed by atoms with Crippen molar-refractivity contribution in [3.05, 3.63) is 146 Å². The molecule has 7 rings (SSSR count). The highest BCUT2D eigenvalue weighted by atomic mass is 32.1. The van der Waals surface area contributed by atoms with Crippen LogP contribution in [0, 0.1) is 51.4 Å². The van der Waals surface area contributed by atoms with Crippen LogP contribution in [0.4, 0.5) is 0 Å². The van der Waals surface area contributed by atoms with E-state index >= 15 is 0 Å². The Morgan fingerprint density at radius 2 is 1.17 bits per heavy atom. The maximum atomic E-state index is 4.57. The average molecular weight is 662 g/mol. The minimum atomic E-state index is 0.807. The van der Waals surface area contributed by atoms with Crippen LogP contribution in [0.1, 0.15) is 57.5 Å². The molecular formula is C41H35N5S2. The highest BCUT2D eigenvalue weighted by molar-refractivity contribution is 7.09. The lowest BCUT2D eigenvalue weighted by molar-refractivity contribution is 1.27. The fourth-order valence-corrected chi connectivity index (χ4v) is 5.80. The Morgan fingerprint density at radius 3 is 1.71 bits per heavy atom. The van der Waals surface area contributed by atoms with Gasteiger partial charge in [-0.15, -0.1) is 22.7 Å². The number of thiazole rings is 2. The number of fused-ring (bicyclic) bond motifs is 1. The summed E-state index contributed by atoms with van der Waals surface area (Å²) in [6, 6.07) is 24.5. The van der Waals surface area contributed by atoms with E-state index in [0.717, 1.165) is 60.4 Å². The number of aromatic nitrogens is 5. The first-order valence-corrected chi connectivity index (χ1v) is 17.4. The van der Waals surface area contributed by atoms with Crippen LogP contribution in [0.15, 0.2) is 102 Å². The third kappa shape index (κ3) is 8.86. The van der Waals surface area contributed by atoms with Crippen molar-refractivity contribution in [1.29, 1.82) is 0 Å². The summed E-state index contributed by atoms with van der Waals surface area (Å²) in [5, 5.41) is 7.10. The predicted molar refractivity (Wildman–Crippen MR) is 201 cm³/mol. The van der Waals surface area contributed by atoms with Crippen LogP contribution in [0.3, 0.4) is 0 Å². The van der Waals surface area contributed by atoms with E-state index in [0.29, 0.717) is 0 Å². The largest absolute Gasteiger partial charge is 0.256 e. The Labute approximate surface area is 290 Å². The molecule has 7 aromatic rings. The van der Waals surface area contributed by atoms with Crippen LogP contribution in [-0.2, 0) is 0 Å². The molecule has 0 radical (unpaired) electrons. The van der Waals surface area contributed by atoms with E-state index in [4.69, 9.17) is 0 Å². The summed E-state index contributed by atoms with van der Waals surface area (Å²) in [5.74, 6) is 12.4. The fraction of sp³-hybridized carbons (Fsp3) is 0.146. The van der Waals surface area contributed by atoms with Crippen LogP contribution >= 0.6 is 22.7 Å². The molecule has 5 heterocycles. The van der Waals surface area contributed by atoms with Gasteiger partial charge in [-0.05, 0) is 87.6 Å². The van der Waals surface area contributed by atoms with Crippen molar-refractivity contribution in [1.82, 2.24) is 24.9 Å². The number of aryl methyl sites for hydroxylation is 4. The van der Waals surface area contributed by atoms with Crippen molar-refractivity contribution in [2.45, 2.75) is 41.5 Å². The molecule has 48 heavy (non-hydrogen) atoms. The van der Waals surface area contributed by atoms with E-state index in [-0.39, 0.29) is 0 Å². The van der Waals surface area contributed by atoms with Crippen molar-refractivity contribution in [3.63, 3.8) is 0 Å². The molecule has 5 nitrogen and oxygen atoms in total. The quantitative estimate of drug-likeness (QED) is 0.173. The third-order valence-corrected chi connectivity index (χ3v) is 8.57. The molecule has 2 aromatic carbocycles. The van der Waals surface area contributed by atoms with Crippen LogP contribution in [0.5, 0.6) is 0 Å². The van der Waals surface area contributed by atoms with Gasteiger partial charge in [-0.1, -0.05) is 61.6 Å². The summed E-state index contributed by atoms with van der Waals surface area (Å²) < 4.78 is 0. The van der Waals surface area contributed by atoms with E-state index in [1.807, 2.05) is 87.1 Å². The SMILES string of the molecule is CC.Cc1ccc(C)c(-c2ccc(C#Cc3csc(C)n3)cn2)c1.Cc1nc(C#Cc2ccc(-c3cccc4ncccc34)nc2)cs1. The molecule has 7 heteroatoms.